The molecule has 1 aromatic carbocycles. The van der Waals surface area contributed by atoms with Crippen LogP contribution in [0.3, 0.4) is 0 Å². The summed E-state index contributed by atoms with van der Waals surface area (Å²) in [6.45, 7) is 7.70. The summed E-state index contributed by atoms with van der Waals surface area (Å²) in [6.07, 6.45) is 0.925. The minimum absolute atomic E-state index is 0.0350. The summed E-state index contributed by atoms with van der Waals surface area (Å²) in [5.41, 5.74) is -0.201. The summed E-state index contributed by atoms with van der Waals surface area (Å²) >= 11 is 0. The smallest absolute Gasteiger partial charge is 0.324 e. The molecule has 134 valence electrons. The van der Waals surface area contributed by atoms with Gasteiger partial charge in [0.25, 0.3) is 5.69 Å². The average molecular weight is 347 g/mol. The van der Waals surface area contributed by atoms with Gasteiger partial charge in [-0.3, -0.25) is 19.7 Å². The summed E-state index contributed by atoms with van der Waals surface area (Å²) < 4.78 is 10.2. The third kappa shape index (κ3) is 3.26. The Morgan fingerprint density at radius 3 is 2.08 bits per heavy atom. The minimum atomic E-state index is -1.38. The monoisotopic (exact) mass is 347 g/mol. The number of benzene rings is 1. The minimum Gasteiger partial charge on any atom is -0.465 e. The predicted octanol–water partition coefficient (Wildman–Crippen LogP) is 3.13. The van der Waals surface area contributed by atoms with E-state index in [2.05, 4.69) is 6.58 Å². The summed E-state index contributed by atoms with van der Waals surface area (Å²) in [5.74, 6) is -1.66. The van der Waals surface area contributed by atoms with Crippen LogP contribution in [-0.2, 0) is 19.1 Å². The molecule has 1 unspecified atom stereocenters. The maximum absolute atomic E-state index is 12.5. The molecule has 7 heteroatoms. The SMILES string of the molecule is C=C(c1ccc([N+](=O)[O-])cc1)C1CCC1(C(=O)OCC)C(=O)OCC. The zero-order valence-electron chi connectivity index (χ0n) is 14.3. The molecule has 0 N–H and O–H groups in total. The molecule has 25 heavy (non-hydrogen) atoms. The van der Waals surface area contributed by atoms with E-state index < -0.39 is 28.2 Å². The highest BCUT2D eigenvalue weighted by Crippen LogP contribution is 2.54. The van der Waals surface area contributed by atoms with E-state index in [4.69, 9.17) is 9.47 Å². The number of esters is 2. The molecule has 1 atom stereocenters. The van der Waals surface area contributed by atoms with Gasteiger partial charge in [0.15, 0.2) is 5.41 Å². The number of nitro groups is 1. The van der Waals surface area contributed by atoms with Crippen molar-refractivity contribution in [2.24, 2.45) is 11.3 Å². The summed E-state index contributed by atoms with van der Waals surface area (Å²) in [4.78, 5) is 35.3. The number of nitro benzene ring substituents is 1. The van der Waals surface area contributed by atoms with Gasteiger partial charge < -0.3 is 9.47 Å². The summed E-state index contributed by atoms with van der Waals surface area (Å²) in [7, 11) is 0. The van der Waals surface area contributed by atoms with Crippen LogP contribution in [0.1, 0.15) is 32.3 Å². The lowest BCUT2D eigenvalue weighted by Gasteiger charge is -2.45. The molecule has 1 aromatic rings. The molecule has 1 aliphatic carbocycles. The molecule has 1 aliphatic rings. The number of nitrogens with zero attached hydrogens (tertiary/aromatic N) is 1. The second-order valence-corrected chi connectivity index (χ2v) is 5.83. The van der Waals surface area contributed by atoms with Crippen LogP contribution in [0.15, 0.2) is 30.8 Å². The lowest BCUT2D eigenvalue weighted by Crippen LogP contribution is -2.54. The first-order valence-electron chi connectivity index (χ1n) is 8.16. The predicted molar refractivity (Wildman–Crippen MR) is 90.6 cm³/mol. The van der Waals surface area contributed by atoms with Crippen LogP contribution in [0.5, 0.6) is 0 Å². The van der Waals surface area contributed by atoms with Crippen molar-refractivity contribution in [3.05, 3.63) is 46.5 Å². The number of non-ortho nitro benzene ring substituents is 1. The Morgan fingerprint density at radius 1 is 1.20 bits per heavy atom. The molecule has 0 heterocycles. The normalized spacial score (nSPS) is 17.9. The van der Waals surface area contributed by atoms with Crippen LogP contribution >= 0.6 is 0 Å². The maximum Gasteiger partial charge on any atom is 0.324 e. The maximum atomic E-state index is 12.5. The van der Waals surface area contributed by atoms with Gasteiger partial charge in [0.2, 0.25) is 0 Å². The average Bonchev–Trinajstić information content (AvgIpc) is 2.55. The topological polar surface area (TPSA) is 95.7 Å². The molecule has 0 aliphatic heterocycles. The number of carbonyl (C=O) groups is 2. The molecule has 0 bridgehead atoms. The lowest BCUT2D eigenvalue weighted by molar-refractivity contribution is -0.384. The first kappa shape index (κ1) is 18.6. The van der Waals surface area contributed by atoms with E-state index in [-0.39, 0.29) is 18.9 Å². The van der Waals surface area contributed by atoms with Gasteiger partial charge in [0, 0.05) is 18.1 Å². The Bertz CT molecular complexity index is 676. The number of allylic oxidation sites excluding steroid dienone is 1. The molecule has 0 spiro atoms. The van der Waals surface area contributed by atoms with Crippen LogP contribution in [-0.4, -0.2) is 30.1 Å². The largest absolute Gasteiger partial charge is 0.465 e. The van der Waals surface area contributed by atoms with Gasteiger partial charge in [-0.1, -0.05) is 6.58 Å². The molecule has 0 saturated heterocycles. The van der Waals surface area contributed by atoms with E-state index in [1.807, 2.05) is 0 Å². The van der Waals surface area contributed by atoms with Gasteiger partial charge in [-0.15, -0.1) is 0 Å². The van der Waals surface area contributed by atoms with Crippen LogP contribution in [0.2, 0.25) is 0 Å². The fraction of sp³-hybridized carbons (Fsp3) is 0.444. The molecule has 1 fully saturated rings. The van der Waals surface area contributed by atoms with Crippen LogP contribution < -0.4 is 0 Å². The third-order valence-corrected chi connectivity index (χ3v) is 4.57. The van der Waals surface area contributed by atoms with E-state index >= 15 is 0 Å². The third-order valence-electron chi connectivity index (χ3n) is 4.57. The molecular formula is C18H21NO6. The van der Waals surface area contributed by atoms with Gasteiger partial charge in [-0.05, 0) is 50.0 Å². The molecule has 1 saturated carbocycles. The number of carbonyl (C=O) groups excluding carboxylic acids is 2. The highest BCUT2D eigenvalue weighted by atomic mass is 16.6. The standard InChI is InChI=1S/C18H21NO6/c1-4-24-16(20)18(17(21)25-5-2)11-10-15(18)12(3)13-6-8-14(9-7-13)19(22)23/h6-9,15H,3-5,10-11H2,1-2H3. The Kier molecular flexibility index (Phi) is 5.56. The van der Waals surface area contributed by atoms with Crippen molar-refractivity contribution in [3.8, 4) is 0 Å². The van der Waals surface area contributed by atoms with Crippen LogP contribution in [0, 0.1) is 21.4 Å². The van der Waals surface area contributed by atoms with Crippen molar-refractivity contribution in [2.75, 3.05) is 13.2 Å². The quantitative estimate of drug-likeness (QED) is 0.325. The summed E-state index contributed by atoms with van der Waals surface area (Å²) in [6, 6.07) is 5.88. The molecular weight excluding hydrogens is 326 g/mol. The highest BCUT2D eigenvalue weighted by molar-refractivity contribution is 6.03. The molecule has 2 rings (SSSR count). The molecule has 7 nitrogen and oxygen atoms in total. The Hall–Kier alpha value is -2.70. The zero-order chi connectivity index (χ0) is 18.6. The Balaban J connectivity index is 2.31. The van der Waals surface area contributed by atoms with Crippen molar-refractivity contribution in [2.45, 2.75) is 26.7 Å². The first-order chi connectivity index (χ1) is 11.9. The second kappa shape index (κ2) is 7.46. The number of rotatable bonds is 7. The fourth-order valence-electron chi connectivity index (χ4n) is 3.14. The Morgan fingerprint density at radius 2 is 1.72 bits per heavy atom. The summed E-state index contributed by atoms with van der Waals surface area (Å²) in [5, 5.41) is 10.8. The number of ether oxygens (including phenoxy) is 2. The van der Waals surface area contributed by atoms with E-state index in [1.54, 1.807) is 26.0 Å². The van der Waals surface area contributed by atoms with Crippen molar-refractivity contribution in [1.29, 1.82) is 0 Å². The highest BCUT2D eigenvalue weighted by Gasteiger charge is 2.61. The van der Waals surface area contributed by atoms with Gasteiger partial charge >= 0.3 is 11.9 Å². The molecule has 0 radical (unpaired) electrons. The van der Waals surface area contributed by atoms with Gasteiger partial charge in [0.05, 0.1) is 18.1 Å². The van der Waals surface area contributed by atoms with Gasteiger partial charge in [0.1, 0.15) is 0 Å². The van der Waals surface area contributed by atoms with E-state index in [0.29, 0.717) is 24.0 Å². The molecule has 0 amide bonds. The Labute approximate surface area is 145 Å². The van der Waals surface area contributed by atoms with Crippen molar-refractivity contribution in [1.82, 2.24) is 0 Å². The number of hydrogen-bond donors (Lipinski definition) is 0. The van der Waals surface area contributed by atoms with Crippen molar-refractivity contribution >= 4 is 23.2 Å². The van der Waals surface area contributed by atoms with Crippen molar-refractivity contribution in [3.63, 3.8) is 0 Å². The van der Waals surface area contributed by atoms with Crippen LogP contribution in [0.25, 0.3) is 5.57 Å². The van der Waals surface area contributed by atoms with Crippen LogP contribution in [0.4, 0.5) is 5.69 Å². The van der Waals surface area contributed by atoms with Gasteiger partial charge in [-0.25, -0.2) is 0 Å². The number of hydrogen-bond acceptors (Lipinski definition) is 6. The van der Waals surface area contributed by atoms with E-state index in [1.165, 1.54) is 12.1 Å². The van der Waals surface area contributed by atoms with Crippen molar-refractivity contribution < 1.29 is 24.0 Å². The fourth-order valence-corrected chi connectivity index (χ4v) is 3.14. The zero-order valence-corrected chi connectivity index (χ0v) is 14.3. The molecule has 0 aromatic heterocycles. The van der Waals surface area contributed by atoms with E-state index in [9.17, 15) is 19.7 Å². The van der Waals surface area contributed by atoms with Gasteiger partial charge in [-0.2, -0.15) is 0 Å². The second-order valence-electron chi connectivity index (χ2n) is 5.83. The lowest BCUT2D eigenvalue weighted by atomic mass is 9.56. The first-order valence-corrected chi connectivity index (χ1v) is 8.16. The van der Waals surface area contributed by atoms with E-state index in [0.717, 1.165) is 0 Å².